The molecule has 0 aliphatic carbocycles. The van der Waals surface area contributed by atoms with E-state index < -0.39 is 29.9 Å². The van der Waals surface area contributed by atoms with Crippen molar-refractivity contribution in [3.63, 3.8) is 0 Å². The van der Waals surface area contributed by atoms with Crippen LogP contribution in [0.15, 0.2) is 54.9 Å². The van der Waals surface area contributed by atoms with Crippen LogP contribution >= 0.6 is 22.7 Å². The summed E-state index contributed by atoms with van der Waals surface area (Å²) in [7, 11) is 1.51. The van der Waals surface area contributed by atoms with Gasteiger partial charge in [0.05, 0.1) is 30.8 Å². The van der Waals surface area contributed by atoms with Crippen LogP contribution in [0.4, 0.5) is 37.0 Å². The number of aryl methyl sites for hydroxylation is 6. The van der Waals surface area contributed by atoms with Crippen LogP contribution in [-0.4, -0.2) is 83.1 Å². The van der Waals surface area contributed by atoms with Gasteiger partial charge in [-0.15, -0.1) is 11.3 Å². The van der Waals surface area contributed by atoms with Crippen molar-refractivity contribution in [1.29, 1.82) is 0 Å². The van der Waals surface area contributed by atoms with Crippen LogP contribution in [0.25, 0.3) is 0 Å². The monoisotopic (exact) mass is 929 g/mol. The zero-order chi connectivity index (χ0) is 47.4. The molecule has 0 radical (unpaired) electrons. The topological polar surface area (TPSA) is 277 Å². The minimum absolute atomic E-state index is 0.0381. The standard InChI is InChI=1S/C22H27N5O4S.C21H24N6O5S/c1-12(2)11-31-17-9-13(3)5-7-16(17)25-21(30)27-22-23-10-15(32-22)6-8-18-24-14(4)19(26-18)20(28)29;1-11(2)10-32-15-7-12(3)5-6-13(15)23-20(31)25-21-22-9-16(33-21)18(28)24-17-8-14(19(29)30)26-27(17)4/h5,7,9-10,12H,6,8,11H2,1-4H3,(H,24,26)(H,28,29)(H2,23,25,27,30);5-9,11H,10H2,1-4H3,(H,24,28)(H,29,30)(H2,22,23,25,31). The highest BCUT2D eigenvalue weighted by molar-refractivity contribution is 7.17. The van der Waals surface area contributed by atoms with Gasteiger partial charge in [-0.25, -0.2) is 34.1 Å². The van der Waals surface area contributed by atoms with Gasteiger partial charge in [0.25, 0.3) is 5.91 Å². The van der Waals surface area contributed by atoms with E-state index in [1.54, 1.807) is 19.2 Å². The molecule has 0 saturated heterocycles. The van der Waals surface area contributed by atoms with Crippen molar-refractivity contribution in [2.24, 2.45) is 18.9 Å². The number of aromatic amines is 1. The number of amides is 5. The van der Waals surface area contributed by atoms with E-state index in [-0.39, 0.29) is 27.2 Å². The SMILES string of the molecule is Cc1ccc(NC(=O)Nc2ncc(C(=O)Nc3cc(C(=O)O)nn3C)s2)c(OCC(C)C)c1.Cc1ccc(NC(=O)Nc2ncc(CCc3nc(C(=O)O)c(C)[nH]3)s2)c(OCC(C)C)c1. The molecule has 4 heterocycles. The number of thiazole rings is 2. The summed E-state index contributed by atoms with van der Waals surface area (Å²) in [6.07, 6.45) is 4.17. The minimum atomic E-state index is -1.20. The molecule has 4 aromatic heterocycles. The summed E-state index contributed by atoms with van der Waals surface area (Å²) >= 11 is 2.32. The largest absolute Gasteiger partial charge is 0.491 e. The molecule has 0 fully saturated rings. The fourth-order valence-corrected chi connectivity index (χ4v) is 7.11. The van der Waals surface area contributed by atoms with Crippen LogP contribution in [0, 0.1) is 32.6 Å². The van der Waals surface area contributed by atoms with Crippen molar-refractivity contribution in [2.45, 2.75) is 61.3 Å². The van der Waals surface area contributed by atoms with Crippen LogP contribution in [0.1, 0.15) is 85.9 Å². The Hall–Kier alpha value is -7.33. The Bertz CT molecular complexity index is 2650. The molecule has 0 saturated carbocycles. The van der Waals surface area contributed by atoms with Gasteiger partial charge in [0.15, 0.2) is 21.7 Å². The van der Waals surface area contributed by atoms with Gasteiger partial charge in [-0.3, -0.25) is 20.1 Å². The molecule has 0 spiro atoms. The lowest BCUT2D eigenvalue weighted by Gasteiger charge is -2.14. The molecule has 2 aromatic carbocycles. The van der Waals surface area contributed by atoms with E-state index in [1.165, 1.54) is 35.3 Å². The number of hydrogen-bond donors (Lipinski definition) is 8. The van der Waals surface area contributed by atoms with Gasteiger partial charge in [0, 0.05) is 36.3 Å². The van der Waals surface area contributed by atoms with Crippen LogP contribution in [0.3, 0.4) is 0 Å². The number of ether oxygens (including phenoxy) is 2. The van der Waals surface area contributed by atoms with Gasteiger partial charge in [0.1, 0.15) is 28.0 Å². The zero-order valence-corrected chi connectivity index (χ0v) is 38.6. The van der Waals surface area contributed by atoms with Gasteiger partial charge in [-0.2, -0.15) is 5.10 Å². The van der Waals surface area contributed by atoms with Gasteiger partial charge >= 0.3 is 24.0 Å². The van der Waals surface area contributed by atoms with Crippen molar-refractivity contribution >= 4 is 80.0 Å². The predicted molar refractivity (Wildman–Crippen MR) is 248 cm³/mol. The maximum absolute atomic E-state index is 12.5. The molecule has 0 aliphatic heterocycles. The highest BCUT2D eigenvalue weighted by Crippen LogP contribution is 2.29. The number of nitrogens with one attached hydrogen (secondary N) is 6. The highest BCUT2D eigenvalue weighted by atomic mass is 32.1. The minimum Gasteiger partial charge on any atom is -0.491 e. The van der Waals surface area contributed by atoms with Crippen molar-refractivity contribution in [3.05, 3.63) is 98.6 Å². The second-order valence-electron chi connectivity index (χ2n) is 15.5. The molecule has 0 aliphatic rings. The summed E-state index contributed by atoms with van der Waals surface area (Å²) in [6.45, 7) is 14.8. The number of hydrogen-bond acceptors (Lipinski definition) is 13. The first kappa shape index (κ1) is 48.7. The van der Waals surface area contributed by atoms with Crippen molar-refractivity contribution in [3.8, 4) is 11.5 Å². The van der Waals surface area contributed by atoms with Crippen molar-refractivity contribution in [2.75, 3.05) is 39.8 Å². The van der Waals surface area contributed by atoms with Crippen LogP contribution in [0.5, 0.6) is 11.5 Å². The van der Waals surface area contributed by atoms with E-state index in [1.807, 2.05) is 58.0 Å². The quantitative estimate of drug-likeness (QED) is 0.0427. The fraction of sp³-hybridized carbons (Fsp3) is 0.326. The highest BCUT2D eigenvalue weighted by Gasteiger charge is 2.19. The maximum atomic E-state index is 12.5. The first-order valence-electron chi connectivity index (χ1n) is 20.2. The number of benzene rings is 2. The Labute approximate surface area is 382 Å². The van der Waals surface area contributed by atoms with Crippen LogP contribution < -0.4 is 36.1 Å². The average Bonchev–Trinajstić information content (AvgIpc) is 4.05. The number of rotatable bonds is 17. The third-order valence-corrected chi connectivity index (χ3v) is 10.6. The molecule has 0 bridgehead atoms. The van der Waals surface area contributed by atoms with E-state index in [0.717, 1.165) is 27.3 Å². The van der Waals surface area contributed by atoms with Crippen molar-refractivity contribution in [1.82, 2.24) is 29.7 Å². The third kappa shape index (κ3) is 14.6. The normalized spacial score (nSPS) is 10.8. The molecule has 344 valence electrons. The Balaban J connectivity index is 0.000000244. The summed E-state index contributed by atoms with van der Waals surface area (Å²) in [5.74, 6) is -0.0534. The first-order valence-corrected chi connectivity index (χ1v) is 21.9. The Morgan fingerprint density at radius 2 is 1.28 bits per heavy atom. The van der Waals surface area contributed by atoms with E-state index in [4.69, 9.17) is 19.7 Å². The van der Waals surface area contributed by atoms with Crippen molar-refractivity contribution < 1.29 is 43.7 Å². The molecule has 6 aromatic rings. The lowest BCUT2D eigenvalue weighted by atomic mass is 10.2. The number of nitrogens with zero attached hydrogens (tertiary/aromatic N) is 5. The summed E-state index contributed by atoms with van der Waals surface area (Å²) in [5.41, 5.74) is 3.52. The van der Waals surface area contributed by atoms with Gasteiger partial charge < -0.3 is 40.6 Å². The number of H-pyrrole nitrogens is 1. The van der Waals surface area contributed by atoms with Gasteiger partial charge in [-0.05, 0) is 74.4 Å². The summed E-state index contributed by atoms with van der Waals surface area (Å²) in [4.78, 5) is 76.1. The molecule has 22 heteroatoms. The van der Waals surface area contributed by atoms with E-state index in [9.17, 15) is 24.0 Å². The fourth-order valence-electron chi connectivity index (χ4n) is 5.59. The molecular formula is C43H51N11O9S2. The average molecular weight is 930 g/mol. The number of carboxylic acid groups (broad SMARTS) is 2. The zero-order valence-electron chi connectivity index (χ0n) is 37.0. The van der Waals surface area contributed by atoms with Crippen LogP contribution in [0.2, 0.25) is 0 Å². The predicted octanol–water partition coefficient (Wildman–Crippen LogP) is 8.46. The second-order valence-corrected chi connectivity index (χ2v) is 17.6. The number of carboxylic acids is 2. The maximum Gasteiger partial charge on any atom is 0.356 e. The smallest absolute Gasteiger partial charge is 0.356 e. The molecule has 6 rings (SSSR count). The number of aromatic carboxylic acids is 2. The summed E-state index contributed by atoms with van der Waals surface area (Å²) < 4.78 is 12.9. The number of carbonyl (C=O) groups is 5. The number of anilines is 5. The number of imidazole rings is 1. The third-order valence-electron chi connectivity index (χ3n) is 8.72. The van der Waals surface area contributed by atoms with Gasteiger partial charge in [-0.1, -0.05) is 51.2 Å². The van der Waals surface area contributed by atoms with Gasteiger partial charge in [0.2, 0.25) is 0 Å². The molecule has 20 nitrogen and oxygen atoms in total. The summed E-state index contributed by atoms with van der Waals surface area (Å²) in [5, 5.41) is 36.0. The number of carbonyl (C=O) groups excluding carboxylic acids is 3. The Morgan fingerprint density at radius 3 is 1.78 bits per heavy atom. The second kappa shape index (κ2) is 22.3. The molecule has 0 unspecified atom stereocenters. The molecular weight excluding hydrogens is 879 g/mol. The number of urea groups is 2. The lowest BCUT2D eigenvalue weighted by molar-refractivity contribution is 0.0679. The number of aromatic nitrogens is 6. The molecule has 65 heavy (non-hydrogen) atoms. The lowest BCUT2D eigenvalue weighted by Crippen LogP contribution is -2.20. The van der Waals surface area contributed by atoms with E-state index >= 15 is 0 Å². The van der Waals surface area contributed by atoms with E-state index in [2.05, 4.69) is 65.5 Å². The molecule has 5 amide bonds. The first-order chi connectivity index (χ1) is 30.8. The Morgan fingerprint density at radius 1 is 0.723 bits per heavy atom. The molecule has 0 atom stereocenters. The Kier molecular flexibility index (Phi) is 16.7. The summed E-state index contributed by atoms with van der Waals surface area (Å²) in [6, 6.07) is 11.4. The molecule has 8 N–H and O–H groups in total. The van der Waals surface area contributed by atoms with E-state index in [0.29, 0.717) is 77.4 Å². The van der Waals surface area contributed by atoms with Crippen LogP contribution in [-0.2, 0) is 19.9 Å².